The highest BCUT2D eigenvalue weighted by Gasteiger charge is 2.11. The first-order valence-electron chi connectivity index (χ1n) is 8.88. The Hall–Kier alpha value is -4.06. The van der Waals surface area contributed by atoms with Gasteiger partial charge in [-0.3, -0.25) is 9.59 Å². The lowest BCUT2D eigenvalue weighted by atomic mass is 10.2. The second-order valence-corrected chi connectivity index (χ2v) is 6.00. The standard InChI is InChI=1S/C21H21N3O6/c1-28-17-8-3-14(11-18(17)29-2)12-23-20(26)13-30-21(27)15-4-6-16(7-5-15)24-19(25)9-10-22/h3-8,11H,9,12-13H2,1-2H3,(H,23,26)(H,24,25). The number of ether oxygens (including phenoxy) is 3. The summed E-state index contributed by atoms with van der Waals surface area (Å²) in [4.78, 5) is 35.4. The molecule has 2 N–H and O–H groups in total. The van der Waals surface area contributed by atoms with Gasteiger partial charge < -0.3 is 24.8 Å². The number of methoxy groups -OCH3 is 2. The largest absolute Gasteiger partial charge is 0.493 e. The minimum atomic E-state index is -0.675. The summed E-state index contributed by atoms with van der Waals surface area (Å²) in [6, 6.07) is 12.9. The van der Waals surface area contributed by atoms with Gasteiger partial charge in [0.1, 0.15) is 6.42 Å². The van der Waals surface area contributed by atoms with Gasteiger partial charge in [-0.25, -0.2) is 4.79 Å². The SMILES string of the molecule is COc1ccc(CNC(=O)COC(=O)c2ccc(NC(=O)CC#N)cc2)cc1OC. The Labute approximate surface area is 173 Å². The summed E-state index contributed by atoms with van der Waals surface area (Å²) in [5.74, 6) is -0.455. The van der Waals surface area contributed by atoms with Gasteiger partial charge in [0.15, 0.2) is 18.1 Å². The van der Waals surface area contributed by atoms with E-state index >= 15 is 0 Å². The molecule has 0 spiro atoms. The Kier molecular flexibility index (Phi) is 8.20. The normalized spacial score (nSPS) is 9.77. The van der Waals surface area contributed by atoms with Crippen molar-refractivity contribution in [1.29, 1.82) is 5.26 Å². The molecule has 0 aliphatic heterocycles. The first-order valence-corrected chi connectivity index (χ1v) is 8.88. The molecule has 0 heterocycles. The van der Waals surface area contributed by atoms with Crippen LogP contribution in [0.15, 0.2) is 42.5 Å². The minimum Gasteiger partial charge on any atom is -0.493 e. The summed E-state index contributed by atoms with van der Waals surface area (Å²) in [6.45, 7) is -0.208. The fourth-order valence-corrected chi connectivity index (χ4v) is 2.42. The average molecular weight is 411 g/mol. The number of nitriles is 1. The molecule has 2 aromatic carbocycles. The molecule has 30 heavy (non-hydrogen) atoms. The van der Waals surface area contributed by atoms with E-state index < -0.39 is 24.4 Å². The van der Waals surface area contributed by atoms with Crippen molar-refractivity contribution in [1.82, 2.24) is 5.32 Å². The molecule has 9 nitrogen and oxygen atoms in total. The molecule has 0 bridgehead atoms. The molecular weight excluding hydrogens is 390 g/mol. The third-order valence-electron chi connectivity index (χ3n) is 3.92. The van der Waals surface area contributed by atoms with Gasteiger partial charge in [0.25, 0.3) is 5.91 Å². The third-order valence-corrected chi connectivity index (χ3v) is 3.92. The van der Waals surface area contributed by atoms with Gasteiger partial charge in [0.05, 0.1) is 25.9 Å². The summed E-state index contributed by atoms with van der Waals surface area (Å²) in [7, 11) is 3.05. The molecule has 0 aromatic heterocycles. The van der Waals surface area contributed by atoms with Crippen LogP contribution in [0.4, 0.5) is 5.69 Å². The van der Waals surface area contributed by atoms with E-state index in [0.29, 0.717) is 17.2 Å². The van der Waals surface area contributed by atoms with Gasteiger partial charge >= 0.3 is 5.97 Å². The highest BCUT2D eigenvalue weighted by molar-refractivity contribution is 5.94. The van der Waals surface area contributed by atoms with E-state index in [1.807, 2.05) is 0 Å². The lowest BCUT2D eigenvalue weighted by molar-refractivity contribution is -0.124. The molecule has 0 aliphatic rings. The van der Waals surface area contributed by atoms with Crippen LogP contribution in [0.3, 0.4) is 0 Å². The van der Waals surface area contributed by atoms with Crippen molar-refractivity contribution >= 4 is 23.5 Å². The number of nitrogens with zero attached hydrogens (tertiary/aromatic N) is 1. The number of hydrogen-bond acceptors (Lipinski definition) is 7. The zero-order valence-corrected chi connectivity index (χ0v) is 16.6. The molecule has 0 saturated carbocycles. The zero-order chi connectivity index (χ0) is 21.9. The average Bonchev–Trinajstić information content (AvgIpc) is 2.76. The van der Waals surface area contributed by atoms with E-state index in [0.717, 1.165) is 5.56 Å². The van der Waals surface area contributed by atoms with E-state index in [1.54, 1.807) is 24.3 Å². The highest BCUT2D eigenvalue weighted by atomic mass is 16.5. The molecular formula is C21H21N3O6. The topological polar surface area (TPSA) is 127 Å². The molecule has 0 fully saturated rings. The summed E-state index contributed by atoms with van der Waals surface area (Å²) < 4.78 is 15.4. The number of anilines is 1. The lowest BCUT2D eigenvalue weighted by Gasteiger charge is -2.10. The molecule has 2 amide bonds. The predicted molar refractivity (Wildman–Crippen MR) is 107 cm³/mol. The third kappa shape index (κ3) is 6.53. The van der Waals surface area contributed by atoms with Crippen LogP contribution < -0.4 is 20.1 Å². The number of esters is 1. The molecule has 0 atom stereocenters. The van der Waals surface area contributed by atoms with Crippen molar-refractivity contribution in [3.05, 3.63) is 53.6 Å². The monoisotopic (exact) mass is 411 g/mol. The smallest absolute Gasteiger partial charge is 0.338 e. The van der Waals surface area contributed by atoms with Crippen LogP contribution in [0, 0.1) is 11.3 Å². The predicted octanol–water partition coefficient (Wildman–Crippen LogP) is 2.03. The number of carbonyl (C=O) groups excluding carboxylic acids is 3. The maximum Gasteiger partial charge on any atom is 0.338 e. The molecule has 2 aromatic rings. The molecule has 9 heteroatoms. The fourth-order valence-electron chi connectivity index (χ4n) is 2.42. The Morgan fingerprint density at radius 1 is 0.967 bits per heavy atom. The first-order chi connectivity index (χ1) is 14.5. The molecule has 156 valence electrons. The van der Waals surface area contributed by atoms with E-state index in [4.69, 9.17) is 19.5 Å². The van der Waals surface area contributed by atoms with Crippen molar-refractivity contribution in [2.24, 2.45) is 0 Å². The van der Waals surface area contributed by atoms with Crippen LogP contribution >= 0.6 is 0 Å². The molecule has 0 saturated heterocycles. The Morgan fingerprint density at radius 2 is 1.67 bits per heavy atom. The quantitative estimate of drug-likeness (QED) is 0.605. The van der Waals surface area contributed by atoms with Crippen molar-refractivity contribution < 1.29 is 28.6 Å². The number of hydrogen-bond donors (Lipinski definition) is 2. The first kappa shape index (κ1) is 22.2. The van der Waals surface area contributed by atoms with Crippen LogP contribution in [-0.4, -0.2) is 38.6 Å². The van der Waals surface area contributed by atoms with Crippen LogP contribution in [0.5, 0.6) is 11.5 Å². The summed E-state index contributed by atoms with van der Waals surface area (Å²) in [5.41, 5.74) is 1.46. The van der Waals surface area contributed by atoms with Gasteiger partial charge in [-0.15, -0.1) is 0 Å². The Balaban J connectivity index is 1.81. The number of carbonyl (C=O) groups is 3. The lowest BCUT2D eigenvalue weighted by Crippen LogP contribution is -2.28. The van der Waals surface area contributed by atoms with Crippen LogP contribution in [0.25, 0.3) is 0 Å². The van der Waals surface area contributed by atoms with Gasteiger partial charge in [0, 0.05) is 12.2 Å². The minimum absolute atomic E-state index is 0.223. The number of nitrogens with one attached hydrogen (secondary N) is 2. The second-order valence-electron chi connectivity index (χ2n) is 6.00. The van der Waals surface area contributed by atoms with Crippen molar-refractivity contribution in [2.45, 2.75) is 13.0 Å². The van der Waals surface area contributed by atoms with Gasteiger partial charge in [0.2, 0.25) is 5.91 Å². The zero-order valence-electron chi connectivity index (χ0n) is 16.6. The van der Waals surface area contributed by atoms with Gasteiger partial charge in [-0.1, -0.05) is 6.07 Å². The van der Waals surface area contributed by atoms with E-state index in [-0.39, 0.29) is 18.5 Å². The molecule has 0 unspecified atom stereocenters. The van der Waals surface area contributed by atoms with Crippen LogP contribution in [0.1, 0.15) is 22.3 Å². The maximum atomic E-state index is 12.1. The fraction of sp³-hybridized carbons (Fsp3) is 0.238. The summed E-state index contributed by atoms with van der Waals surface area (Å²) in [5, 5.41) is 13.6. The molecule has 0 radical (unpaired) electrons. The van der Waals surface area contributed by atoms with Crippen molar-refractivity contribution in [3.8, 4) is 17.6 Å². The Bertz CT molecular complexity index is 950. The summed E-state index contributed by atoms with van der Waals surface area (Å²) in [6.07, 6.45) is -0.262. The molecule has 2 rings (SSSR count). The summed E-state index contributed by atoms with van der Waals surface area (Å²) >= 11 is 0. The Morgan fingerprint density at radius 3 is 2.30 bits per heavy atom. The number of rotatable bonds is 9. The number of amides is 2. The van der Waals surface area contributed by atoms with E-state index in [2.05, 4.69) is 10.6 Å². The van der Waals surface area contributed by atoms with Gasteiger partial charge in [-0.05, 0) is 42.0 Å². The van der Waals surface area contributed by atoms with Crippen LogP contribution in [0.2, 0.25) is 0 Å². The van der Waals surface area contributed by atoms with Gasteiger partial charge in [-0.2, -0.15) is 5.26 Å². The van der Waals surface area contributed by atoms with Crippen LogP contribution in [-0.2, 0) is 20.9 Å². The molecule has 0 aliphatic carbocycles. The second kappa shape index (κ2) is 11.1. The maximum absolute atomic E-state index is 12.1. The van der Waals surface area contributed by atoms with E-state index in [1.165, 1.54) is 38.5 Å². The highest BCUT2D eigenvalue weighted by Crippen LogP contribution is 2.27. The van der Waals surface area contributed by atoms with Crippen molar-refractivity contribution in [2.75, 3.05) is 26.1 Å². The number of benzene rings is 2. The van der Waals surface area contributed by atoms with E-state index in [9.17, 15) is 14.4 Å². The van der Waals surface area contributed by atoms with Crippen molar-refractivity contribution in [3.63, 3.8) is 0 Å².